The minimum absolute atomic E-state index is 0.207. The number of sulfone groups is 1. The molecule has 1 aromatic carbocycles. The van der Waals surface area contributed by atoms with Crippen molar-refractivity contribution in [3.05, 3.63) is 42.1 Å². The lowest BCUT2D eigenvalue weighted by Crippen LogP contribution is -2.42. The largest absolute Gasteiger partial charge is 0.306 e. The van der Waals surface area contributed by atoms with Crippen molar-refractivity contribution in [3.8, 4) is 11.3 Å². The molecule has 1 aromatic heterocycles. The first-order valence-corrected chi connectivity index (χ1v) is 8.83. The van der Waals surface area contributed by atoms with E-state index >= 15 is 0 Å². The molecule has 3 rings (SSSR count). The fourth-order valence-electron chi connectivity index (χ4n) is 2.76. The maximum atomic E-state index is 11.6. The lowest BCUT2D eigenvalue weighted by atomic mass is 10.0. The Bertz CT molecular complexity index is 724. The average molecular weight is 305 g/mol. The lowest BCUT2D eigenvalue weighted by molar-refractivity contribution is 0.396. The van der Waals surface area contributed by atoms with Gasteiger partial charge in [-0.2, -0.15) is 5.10 Å². The predicted octanol–water partition coefficient (Wildman–Crippen LogP) is 1.74. The number of nitrogens with zero attached hydrogens (tertiary/aromatic N) is 1. The van der Waals surface area contributed by atoms with Gasteiger partial charge in [0.25, 0.3) is 0 Å². The number of aromatic amines is 1. The summed E-state index contributed by atoms with van der Waals surface area (Å²) >= 11 is 0. The smallest absolute Gasteiger partial charge is 0.152 e. The van der Waals surface area contributed by atoms with Crippen molar-refractivity contribution in [2.45, 2.75) is 25.4 Å². The quantitative estimate of drug-likeness (QED) is 0.902. The Morgan fingerprint density at radius 3 is 2.76 bits per heavy atom. The highest BCUT2D eigenvalue weighted by molar-refractivity contribution is 7.91. The minimum atomic E-state index is -2.89. The second kappa shape index (κ2) is 5.27. The molecule has 0 bridgehead atoms. The second-order valence-corrected chi connectivity index (χ2v) is 8.08. The zero-order valence-electron chi connectivity index (χ0n) is 12.0. The maximum Gasteiger partial charge on any atom is 0.152 e. The molecular formula is C15H19N3O2S. The van der Waals surface area contributed by atoms with Crippen LogP contribution in [-0.2, 0) is 16.4 Å². The average Bonchev–Trinajstić information content (AvgIpc) is 3.02. The van der Waals surface area contributed by atoms with Gasteiger partial charge in [-0.1, -0.05) is 30.3 Å². The van der Waals surface area contributed by atoms with Gasteiger partial charge in [0, 0.05) is 17.6 Å². The first-order chi connectivity index (χ1) is 9.98. The summed E-state index contributed by atoms with van der Waals surface area (Å²) in [5.41, 5.74) is 2.76. The Hall–Kier alpha value is -1.66. The SMILES string of the molecule is CC1(NCc2cn[nH]c2-c2ccccc2)CCS(=O)(=O)C1. The van der Waals surface area contributed by atoms with Crippen LogP contribution in [0.3, 0.4) is 0 Å². The van der Waals surface area contributed by atoms with Gasteiger partial charge in [0.05, 0.1) is 23.4 Å². The standard InChI is InChI=1S/C15H19N3O2S/c1-15(7-8-21(19,20)11-15)16-9-13-10-17-18-14(13)12-5-3-2-4-6-12/h2-6,10,16H,7-9,11H2,1H3,(H,17,18). The van der Waals surface area contributed by atoms with E-state index in [0.29, 0.717) is 13.0 Å². The molecule has 0 radical (unpaired) electrons. The predicted molar refractivity (Wildman–Crippen MR) is 82.5 cm³/mol. The summed E-state index contributed by atoms with van der Waals surface area (Å²) in [5, 5.41) is 10.5. The third-order valence-corrected chi connectivity index (χ3v) is 5.89. The van der Waals surface area contributed by atoms with Crippen LogP contribution in [0, 0.1) is 0 Å². The van der Waals surface area contributed by atoms with E-state index in [1.807, 2.05) is 37.3 Å². The molecule has 112 valence electrons. The zero-order valence-corrected chi connectivity index (χ0v) is 12.8. The zero-order chi connectivity index (χ0) is 14.9. The minimum Gasteiger partial charge on any atom is -0.306 e. The van der Waals surface area contributed by atoms with Crippen molar-refractivity contribution < 1.29 is 8.42 Å². The number of hydrogen-bond acceptors (Lipinski definition) is 4. The molecule has 0 spiro atoms. The van der Waals surface area contributed by atoms with Crippen LogP contribution < -0.4 is 5.32 Å². The van der Waals surface area contributed by atoms with Gasteiger partial charge in [-0.05, 0) is 18.9 Å². The summed E-state index contributed by atoms with van der Waals surface area (Å²) in [6, 6.07) is 10.00. The Morgan fingerprint density at radius 1 is 1.33 bits per heavy atom. The van der Waals surface area contributed by atoms with Crippen LogP contribution in [-0.4, -0.2) is 35.7 Å². The summed E-state index contributed by atoms with van der Waals surface area (Å²) in [7, 11) is -2.89. The van der Waals surface area contributed by atoms with E-state index in [4.69, 9.17) is 0 Å². The van der Waals surface area contributed by atoms with E-state index in [2.05, 4.69) is 15.5 Å². The van der Waals surface area contributed by atoms with Gasteiger partial charge in [0.1, 0.15) is 0 Å². The fraction of sp³-hybridized carbons (Fsp3) is 0.400. The molecule has 1 aliphatic heterocycles. The van der Waals surface area contributed by atoms with Crippen LogP contribution in [0.15, 0.2) is 36.5 Å². The number of aromatic nitrogens is 2. The van der Waals surface area contributed by atoms with Gasteiger partial charge >= 0.3 is 0 Å². The number of hydrogen-bond donors (Lipinski definition) is 2. The van der Waals surface area contributed by atoms with Gasteiger partial charge in [-0.15, -0.1) is 0 Å². The van der Waals surface area contributed by atoms with E-state index < -0.39 is 9.84 Å². The molecule has 1 unspecified atom stereocenters. The van der Waals surface area contributed by atoms with Crippen LogP contribution >= 0.6 is 0 Å². The number of benzene rings is 1. The van der Waals surface area contributed by atoms with Crippen molar-refractivity contribution in [1.82, 2.24) is 15.5 Å². The molecule has 1 saturated heterocycles. The molecule has 2 heterocycles. The van der Waals surface area contributed by atoms with Crippen molar-refractivity contribution >= 4 is 9.84 Å². The molecule has 0 saturated carbocycles. The molecule has 1 aliphatic rings. The normalized spacial score (nSPS) is 24.2. The Kier molecular flexibility index (Phi) is 3.59. The first kappa shape index (κ1) is 14.3. The second-order valence-electron chi connectivity index (χ2n) is 5.89. The third kappa shape index (κ3) is 3.16. The maximum absolute atomic E-state index is 11.6. The lowest BCUT2D eigenvalue weighted by Gasteiger charge is -2.23. The first-order valence-electron chi connectivity index (χ1n) is 7.01. The van der Waals surface area contributed by atoms with Crippen LogP contribution in [0.4, 0.5) is 0 Å². The summed E-state index contributed by atoms with van der Waals surface area (Å²) < 4.78 is 23.3. The molecule has 0 amide bonds. The van der Waals surface area contributed by atoms with Crippen LogP contribution in [0.25, 0.3) is 11.3 Å². The molecule has 5 nitrogen and oxygen atoms in total. The number of nitrogens with one attached hydrogen (secondary N) is 2. The monoisotopic (exact) mass is 305 g/mol. The molecule has 2 N–H and O–H groups in total. The molecular weight excluding hydrogens is 286 g/mol. The van der Waals surface area contributed by atoms with Gasteiger partial charge in [-0.25, -0.2) is 8.42 Å². The van der Waals surface area contributed by atoms with E-state index in [1.54, 1.807) is 6.20 Å². The van der Waals surface area contributed by atoms with Crippen LogP contribution in [0.2, 0.25) is 0 Å². The van der Waals surface area contributed by atoms with Gasteiger partial charge < -0.3 is 5.32 Å². The van der Waals surface area contributed by atoms with Crippen molar-refractivity contribution in [3.63, 3.8) is 0 Å². The summed E-state index contributed by atoms with van der Waals surface area (Å²) in [6.07, 6.45) is 2.45. The molecule has 6 heteroatoms. The van der Waals surface area contributed by atoms with Gasteiger partial charge in [-0.3, -0.25) is 5.10 Å². The molecule has 1 fully saturated rings. The van der Waals surface area contributed by atoms with Crippen molar-refractivity contribution in [1.29, 1.82) is 0 Å². The molecule has 0 aliphatic carbocycles. The van der Waals surface area contributed by atoms with Gasteiger partial charge in [0.15, 0.2) is 9.84 Å². The fourth-order valence-corrected chi connectivity index (χ4v) is 4.88. The Balaban J connectivity index is 1.74. The summed E-state index contributed by atoms with van der Waals surface area (Å²) in [6.45, 7) is 2.58. The van der Waals surface area contributed by atoms with E-state index in [9.17, 15) is 8.42 Å². The highest BCUT2D eigenvalue weighted by Crippen LogP contribution is 2.25. The van der Waals surface area contributed by atoms with Crippen molar-refractivity contribution in [2.75, 3.05) is 11.5 Å². The third-order valence-electron chi connectivity index (χ3n) is 3.99. The molecule has 1 atom stereocenters. The van der Waals surface area contributed by atoms with E-state index in [0.717, 1.165) is 16.8 Å². The van der Waals surface area contributed by atoms with Crippen LogP contribution in [0.5, 0.6) is 0 Å². The highest BCUT2D eigenvalue weighted by Gasteiger charge is 2.37. The van der Waals surface area contributed by atoms with Crippen LogP contribution in [0.1, 0.15) is 18.9 Å². The Labute approximate surface area is 124 Å². The topological polar surface area (TPSA) is 74.8 Å². The highest BCUT2D eigenvalue weighted by atomic mass is 32.2. The van der Waals surface area contributed by atoms with Gasteiger partial charge in [0.2, 0.25) is 0 Å². The molecule has 2 aromatic rings. The molecule has 21 heavy (non-hydrogen) atoms. The van der Waals surface area contributed by atoms with E-state index in [1.165, 1.54) is 0 Å². The summed E-state index contributed by atoms with van der Waals surface area (Å²) in [4.78, 5) is 0. The van der Waals surface area contributed by atoms with Crippen molar-refractivity contribution in [2.24, 2.45) is 0 Å². The summed E-state index contributed by atoms with van der Waals surface area (Å²) in [5.74, 6) is 0.478. The van der Waals surface area contributed by atoms with E-state index in [-0.39, 0.29) is 17.0 Å². The number of H-pyrrole nitrogens is 1. The Morgan fingerprint density at radius 2 is 2.10 bits per heavy atom. The number of rotatable bonds is 4.